The van der Waals surface area contributed by atoms with Crippen LogP contribution in [-0.2, 0) is 24.8 Å². The Morgan fingerprint density at radius 1 is 0.975 bits per heavy atom. The number of unbranched alkanes of at least 4 members (excludes halogenated alkanes) is 1. The largest absolute Gasteiger partial charge is 0.756 e. The van der Waals surface area contributed by atoms with Gasteiger partial charge in [0.1, 0.15) is 12.3 Å². The minimum atomic E-state index is -4.63. The summed E-state index contributed by atoms with van der Waals surface area (Å²) in [6.45, 7) is -0.491. The summed E-state index contributed by atoms with van der Waals surface area (Å²) < 4.78 is 29.0. The molecular weight excluding hydrogens is 535 g/mol. The fourth-order valence-electron chi connectivity index (χ4n) is 5.50. The number of nitrogens with zero attached hydrogens (tertiary/aromatic N) is 1. The summed E-state index contributed by atoms with van der Waals surface area (Å²) in [7, 11) is -4.63. The molecule has 11 heteroatoms. The van der Waals surface area contributed by atoms with Gasteiger partial charge in [-0.1, -0.05) is 54.6 Å². The fourth-order valence-corrected chi connectivity index (χ4v) is 6.26. The Morgan fingerprint density at radius 2 is 1.70 bits per heavy atom. The minimum absolute atomic E-state index is 0.0317. The zero-order valence-corrected chi connectivity index (χ0v) is 22.4. The van der Waals surface area contributed by atoms with E-state index in [1.54, 1.807) is 0 Å². The normalized spacial score (nSPS) is 21.0. The number of ether oxygens (including phenoxy) is 1. The van der Waals surface area contributed by atoms with Gasteiger partial charge in [-0.05, 0) is 57.1 Å². The smallest absolute Gasteiger partial charge is 0.330 e. The number of benzene rings is 4. The van der Waals surface area contributed by atoms with Gasteiger partial charge in [0.25, 0.3) is 13.4 Å². The van der Waals surface area contributed by atoms with E-state index in [-0.39, 0.29) is 13.0 Å². The van der Waals surface area contributed by atoms with Crippen LogP contribution in [0.15, 0.2) is 76.4 Å². The summed E-state index contributed by atoms with van der Waals surface area (Å²) >= 11 is 0. The van der Waals surface area contributed by atoms with Crippen molar-refractivity contribution in [3.8, 4) is 0 Å². The molecule has 208 valence electrons. The molecule has 0 amide bonds. The lowest BCUT2D eigenvalue weighted by Crippen LogP contribution is -2.32. The topological polar surface area (TPSA) is 143 Å². The number of aliphatic hydroxyl groups excluding tert-OH is 1. The maximum atomic E-state index is 12.3. The third kappa shape index (κ3) is 5.34. The van der Waals surface area contributed by atoms with Crippen molar-refractivity contribution in [1.29, 1.82) is 0 Å². The summed E-state index contributed by atoms with van der Waals surface area (Å²) in [5.74, 6) is 0. The third-order valence-electron chi connectivity index (χ3n) is 7.47. The van der Waals surface area contributed by atoms with Gasteiger partial charge in [-0.3, -0.25) is 18.9 Å². The molecular formula is C29H28N2O8P-. The van der Waals surface area contributed by atoms with Crippen molar-refractivity contribution >= 4 is 40.1 Å². The number of aliphatic hydroxyl groups is 1. The van der Waals surface area contributed by atoms with Gasteiger partial charge < -0.3 is 23.8 Å². The first-order valence-electron chi connectivity index (χ1n) is 13.2. The van der Waals surface area contributed by atoms with Crippen molar-refractivity contribution in [3.63, 3.8) is 0 Å². The van der Waals surface area contributed by atoms with Crippen LogP contribution >= 0.6 is 7.82 Å². The summed E-state index contributed by atoms with van der Waals surface area (Å²) in [4.78, 5) is 37.6. The minimum Gasteiger partial charge on any atom is -0.756 e. The maximum Gasteiger partial charge on any atom is 0.330 e. The van der Waals surface area contributed by atoms with Gasteiger partial charge in [-0.15, -0.1) is 0 Å². The Balaban J connectivity index is 1.01. The van der Waals surface area contributed by atoms with Gasteiger partial charge in [0.15, 0.2) is 0 Å². The Bertz CT molecular complexity index is 1820. The molecule has 2 heterocycles. The number of hydrogen-bond acceptors (Lipinski definition) is 8. The second-order valence-electron chi connectivity index (χ2n) is 10.1. The monoisotopic (exact) mass is 563 g/mol. The molecule has 1 saturated heterocycles. The van der Waals surface area contributed by atoms with Crippen molar-refractivity contribution in [2.24, 2.45) is 0 Å². The van der Waals surface area contributed by atoms with Crippen LogP contribution in [0.3, 0.4) is 0 Å². The molecule has 0 saturated carbocycles. The van der Waals surface area contributed by atoms with Crippen molar-refractivity contribution in [3.05, 3.63) is 93.3 Å². The van der Waals surface area contributed by atoms with Gasteiger partial charge in [-0.2, -0.15) is 0 Å². The molecule has 1 aliphatic heterocycles. The molecule has 2 unspecified atom stereocenters. The van der Waals surface area contributed by atoms with Gasteiger partial charge in [0, 0.05) is 18.7 Å². The van der Waals surface area contributed by atoms with E-state index in [0.717, 1.165) is 23.5 Å². The first-order chi connectivity index (χ1) is 19.3. The molecule has 4 aromatic carbocycles. The molecule has 10 nitrogen and oxygen atoms in total. The van der Waals surface area contributed by atoms with E-state index < -0.39 is 44.1 Å². The standard InChI is InChI=1S/C29H29N2O8P/c32-23-16-26(31-14-13-25(33)30-29(31)34)39-24(23)17-38-40(35,36)37-15-2-1-4-18-7-8-21-10-9-19-5-3-6-20-11-12-22(18)28(21)27(19)20/h3,5-14,23-24,26,32H,1-2,4,15-17H2,(H,35,36)(H,30,33,34)/p-1/t23?,24-,26-/m1/s1. The zero-order chi connectivity index (χ0) is 27.9. The van der Waals surface area contributed by atoms with Crippen LogP contribution in [0.4, 0.5) is 0 Å². The van der Waals surface area contributed by atoms with Crippen LogP contribution in [0.1, 0.15) is 31.1 Å². The molecule has 2 N–H and O–H groups in total. The quantitative estimate of drug-likeness (QED) is 0.149. The molecule has 0 radical (unpaired) electrons. The van der Waals surface area contributed by atoms with Crippen molar-refractivity contribution in [2.75, 3.05) is 13.2 Å². The number of hydrogen-bond donors (Lipinski definition) is 2. The average molecular weight is 564 g/mol. The number of aryl methyl sites for hydroxylation is 1. The first kappa shape index (κ1) is 26.8. The predicted octanol–water partition coefficient (Wildman–Crippen LogP) is 3.61. The van der Waals surface area contributed by atoms with Crippen LogP contribution in [0, 0.1) is 0 Å². The molecule has 4 atom stereocenters. The molecule has 1 aliphatic rings. The van der Waals surface area contributed by atoms with Gasteiger partial charge in [-0.25, -0.2) is 4.79 Å². The fraction of sp³-hybridized carbons (Fsp3) is 0.310. The molecule has 6 rings (SSSR count). The number of phosphoric acid groups is 1. The summed E-state index contributed by atoms with van der Waals surface area (Å²) in [6, 6.07) is 20.3. The van der Waals surface area contributed by atoms with E-state index >= 15 is 0 Å². The Kier molecular flexibility index (Phi) is 7.31. The van der Waals surface area contributed by atoms with Crippen LogP contribution in [0.25, 0.3) is 32.3 Å². The Morgan fingerprint density at radius 3 is 2.48 bits per heavy atom. The van der Waals surface area contributed by atoms with Gasteiger partial charge in [0.05, 0.1) is 19.3 Å². The highest BCUT2D eigenvalue weighted by Crippen LogP contribution is 2.40. The lowest BCUT2D eigenvalue weighted by molar-refractivity contribution is -0.228. The van der Waals surface area contributed by atoms with Crippen LogP contribution in [0.5, 0.6) is 0 Å². The Hall–Kier alpha value is -3.37. The van der Waals surface area contributed by atoms with E-state index in [9.17, 15) is 24.2 Å². The average Bonchev–Trinajstić information content (AvgIpc) is 3.31. The zero-order valence-electron chi connectivity index (χ0n) is 21.5. The van der Waals surface area contributed by atoms with Gasteiger partial charge in [0.2, 0.25) is 0 Å². The maximum absolute atomic E-state index is 12.3. The van der Waals surface area contributed by atoms with E-state index in [0.29, 0.717) is 6.42 Å². The van der Waals surface area contributed by atoms with Gasteiger partial charge >= 0.3 is 5.69 Å². The highest BCUT2D eigenvalue weighted by Gasteiger charge is 2.36. The van der Waals surface area contributed by atoms with Crippen LogP contribution in [-0.4, -0.2) is 40.1 Å². The van der Waals surface area contributed by atoms with Crippen molar-refractivity contribution < 1.29 is 28.3 Å². The second-order valence-corrected chi connectivity index (χ2v) is 11.5. The highest BCUT2D eigenvalue weighted by molar-refractivity contribution is 7.45. The second kappa shape index (κ2) is 10.9. The lowest BCUT2D eigenvalue weighted by Gasteiger charge is -2.25. The number of H-pyrrole nitrogens is 1. The van der Waals surface area contributed by atoms with Crippen molar-refractivity contribution in [2.45, 2.75) is 44.1 Å². The van der Waals surface area contributed by atoms with Crippen LogP contribution < -0.4 is 16.1 Å². The molecule has 1 aromatic heterocycles. The number of rotatable bonds is 10. The summed E-state index contributed by atoms with van der Waals surface area (Å²) in [5.41, 5.74) is -0.0397. The molecule has 0 bridgehead atoms. The van der Waals surface area contributed by atoms with E-state index in [1.165, 1.54) is 44.1 Å². The molecule has 0 aliphatic carbocycles. The van der Waals surface area contributed by atoms with Crippen molar-refractivity contribution in [1.82, 2.24) is 9.55 Å². The lowest BCUT2D eigenvalue weighted by atomic mass is 9.91. The predicted molar refractivity (Wildman–Crippen MR) is 148 cm³/mol. The Labute approximate surface area is 228 Å². The molecule has 0 spiro atoms. The molecule has 1 fully saturated rings. The molecule has 5 aromatic rings. The first-order valence-corrected chi connectivity index (χ1v) is 14.7. The summed E-state index contributed by atoms with van der Waals surface area (Å²) in [6.07, 6.45) is 0.397. The molecule has 40 heavy (non-hydrogen) atoms. The SMILES string of the molecule is O=c1ccn([C@H]2CC(O)[C@@H](COP(=O)([O-])OCCCCc3ccc4ccc5cccc6ccc3c4c56)O2)c(=O)[nH]1. The van der Waals surface area contributed by atoms with E-state index in [4.69, 9.17) is 13.8 Å². The number of phosphoric ester groups is 1. The van der Waals surface area contributed by atoms with Crippen LogP contribution in [0.2, 0.25) is 0 Å². The van der Waals surface area contributed by atoms with E-state index in [1.807, 2.05) is 0 Å². The van der Waals surface area contributed by atoms with E-state index in [2.05, 4.69) is 59.6 Å². The third-order valence-corrected chi connectivity index (χ3v) is 8.44. The number of aromatic amines is 1. The highest BCUT2D eigenvalue weighted by atomic mass is 31.2. The number of nitrogens with one attached hydrogen (secondary N) is 1. The summed E-state index contributed by atoms with van der Waals surface area (Å²) in [5, 5.41) is 17.6. The number of aromatic nitrogens is 2.